The predicted molar refractivity (Wildman–Crippen MR) is 80.8 cm³/mol. The van der Waals surface area contributed by atoms with Crippen LogP contribution < -0.4 is 10.6 Å². The third kappa shape index (κ3) is 4.83. The van der Waals surface area contributed by atoms with Gasteiger partial charge in [-0.25, -0.2) is 9.97 Å². The van der Waals surface area contributed by atoms with Crippen LogP contribution in [0.4, 0.5) is 5.82 Å². The SMILES string of the molecule is CC(C)CNc1cnc(C(=O)NCc2cccnc2)cn1. The summed E-state index contributed by atoms with van der Waals surface area (Å²) in [6.45, 7) is 5.46. The lowest BCUT2D eigenvalue weighted by molar-refractivity contribution is 0.0945. The van der Waals surface area contributed by atoms with E-state index in [1.165, 1.54) is 6.20 Å². The number of rotatable bonds is 6. The first-order valence-electron chi connectivity index (χ1n) is 6.88. The lowest BCUT2D eigenvalue weighted by Crippen LogP contribution is -2.24. The summed E-state index contributed by atoms with van der Waals surface area (Å²) in [6.07, 6.45) is 6.45. The Balaban J connectivity index is 1.88. The van der Waals surface area contributed by atoms with Crippen LogP contribution in [0, 0.1) is 5.92 Å². The number of nitrogens with one attached hydrogen (secondary N) is 2. The summed E-state index contributed by atoms with van der Waals surface area (Å²) in [7, 11) is 0. The van der Waals surface area contributed by atoms with Crippen molar-refractivity contribution in [2.75, 3.05) is 11.9 Å². The van der Waals surface area contributed by atoms with Crippen LogP contribution in [-0.4, -0.2) is 27.4 Å². The van der Waals surface area contributed by atoms with Crippen molar-refractivity contribution < 1.29 is 4.79 Å². The van der Waals surface area contributed by atoms with E-state index < -0.39 is 0 Å². The second kappa shape index (κ2) is 7.33. The molecular weight excluding hydrogens is 266 g/mol. The van der Waals surface area contributed by atoms with Crippen LogP contribution in [-0.2, 0) is 6.54 Å². The Hall–Kier alpha value is -2.50. The maximum atomic E-state index is 11.9. The molecule has 6 heteroatoms. The van der Waals surface area contributed by atoms with Crippen LogP contribution in [0.5, 0.6) is 0 Å². The van der Waals surface area contributed by atoms with Gasteiger partial charge in [-0.1, -0.05) is 19.9 Å². The van der Waals surface area contributed by atoms with Crippen LogP contribution >= 0.6 is 0 Å². The zero-order chi connectivity index (χ0) is 15.1. The van der Waals surface area contributed by atoms with Crippen LogP contribution in [0.2, 0.25) is 0 Å². The lowest BCUT2D eigenvalue weighted by Gasteiger charge is -2.08. The number of anilines is 1. The number of amides is 1. The third-order valence-corrected chi connectivity index (χ3v) is 2.75. The van der Waals surface area contributed by atoms with E-state index in [0.29, 0.717) is 24.0 Å². The van der Waals surface area contributed by atoms with E-state index in [4.69, 9.17) is 0 Å². The van der Waals surface area contributed by atoms with Gasteiger partial charge in [0.2, 0.25) is 0 Å². The molecule has 21 heavy (non-hydrogen) atoms. The molecule has 0 aliphatic carbocycles. The summed E-state index contributed by atoms with van der Waals surface area (Å²) in [5.41, 5.74) is 1.24. The highest BCUT2D eigenvalue weighted by Crippen LogP contribution is 2.03. The van der Waals surface area contributed by atoms with Gasteiger partial charge >= 0.3 is 0 Å². The van der Waals surface area contributed by atoms with E-state index >= 15 is 0 Å². The number of hydrogen-bond donors (Lipinski definition) is 2. The Labute approximate surface area is 124 Å². The Bertz CT molecular complexity index is 568. The topological polar surface area (TPSA) is 79.8 Å². The molecule has 0 saturated heterocycles. The standard InChI is InChI=1S/C15H19N5O/c1-11(2)6-18-14-10-17-13(9-19-14)15(21)20-8-12-4-3-5-16-7-12/h3-5,7,9-11H,6,8H2,1-2H3,(H,18,19)(H,20,21). The van der Waals surface area contributed by atoms with Gasteiger partial charge in [0.1, 0.15) is 11.5 Å². The van der Waals surface area contributed by atoms with E-state index in [0.717, 1.165) is 12.1 Å². The molecule has 6 nitrogen and oxygen atoms in total. The second-order valence-electron chi connectivity index (χ2n) is 5.11. The zero-order valence-corrected chi connectivity index (χ0v) is 12.2. The molecule has 2 heterocycles. The molecule has 110 valence electrons. The monoisotopic (exact) mass is 285 g/mol. The van der Waals surface area contributed by atoms with Crippen molar-refractivity contribution in [1.29, 1.82) is 0 Å². The minimum Gasteiger partial charge on any atom is -0.369 e. The van der Waals surface area contributed by atoms with Gasteiger partial charge in [-0.3, -0.25) is 9.78 Å². The fraction of sp³-hybridized carbons (Fsp3) is 0.333. The molecule has 0 saturated carbocycles. The molecule has 2 aromatic rings. The maximum Gasteiger partial charge on any atom is 0.271 e. The molecule has 0 unspecified atom stereocenters. The first-order valence-corrected chi connectivity index (χ1v) is 6.88. The van der Waals surface area contributed by atoms with Crippen LogP contribution in [0.1, 0.15) is 29.9 Å². The molecule has 0 fully saturated rings. The first-order chi connectivity index (χ1) is 10.1. The highest BCUT2D eigenvalue weighted by atomic mass is 16.1. The number of aromatic nitrogens is 3. The number of nitrogens with zero attached hydrogens (tertiary/aromatic N) is 3. The van der Waals surface area contributed by atoms with Crippen molar-refractivity contribution in [3.63, 3.8) is 0 Å². The number of carbonyl (C=O) groups excluding carboxylic acids is 1. The smallest absolute Gasteiger partial charge is 0.271 e. The van der Waals surface area contributed by atoms with Gasteiger partial charge in [-0.15, -0.1) is 0 Å². The largest absolute Gasteiger partial charge is 0.369 e. The van der Waals surface area contributed by atoms with Crippen LogP contribution in [0.3, 0.4) is 0 Å². The van der Waals surface area contributed by atoms with Crippen molar-refractivity contribution in [2.45, 2.75) is 20.4 Å². The molecule has 0 bridgehead atoms. The predicted octanol–water partition coefficient (Wildman–Crippen LogP) is 1.87. The molecule has 0 spiro atoms. The normalized spacial score (nSPS) is 10.4. The summed E-state index contributed by atoms with van der Waals surface area (Å²) in [4.78, 5) is 24.2. The summed E-state index contributed by atoms with van der Waals surface area (Å²) in [5, 5.41) is 5.94. The lowest BCUT2D eigenvalue weighted by atomic mass is 10.2. The zero-order valence-electron chi connectivity index (χ0n) is 12.2. The molecule has 0 atom stereocenters. The van der Waals surface area contributed by atoms with Gasteiger partial charge in [0.25, 0.3) is 5.91 Å². The summed E-state index contributed by atoms with van der Waals surface area (Å²) >= 11 is 0. The molecular formula is C15H19N5O. The fourth-order valence-electron chi connectivity index (χ4n) is 1.62. The molecule has 2 aromatic heterocycles. The average molecular weight is 285 g/mol. The average Bonchev–Trinajstić information content (AvgIpc) is 2.52. The van der Waals surface area contributed by atoms with E-state index in [1.807, 2.05) is 12.1 Å². The maximum absolute atomic E-state index is 11.9. The molecule has 0 aliphatic heterocycles. The minimum absolute atomic E-state index is 0.248. The minimum atomic E-state index is -0.248. The quantitative estimate of drug-likeness (QED) is 0.847. The Morgan fingerprint density at radius 1 is 1.24 bits per heavy atom. The highest BCUT2D eigenvalue weighted by molar-refractivity contribution is 5.91. The van der Waals surface area contributed by atoms with Crippen molar-refractivity contribution in [3.8, 4) is 0 Å². The number of hydrogen-bond acceptors (Lipinski definition) is 5. The van der Waals surface area contributed by atoms with E-state index in [9.17, 15) is 4.79 Å². The van der Waals surface area contributed by atoms with Crippen molar-refractivity contribution in [1.82, 2.24) is 20.3 Å². The molecule has 0 aromatic carbocycles. The van der Waals surface area contributed by atoms with E-state index in [2.05, 4.69) is 39.4 Å². The van der Waals surface area contributed by atoms with Gasteiger partial charge in [0, 0.05) is 25.5 Å². The molecule has 2 N–H and O–H groups in total. The Kier molecular flexibility index (Phi) is 5.20. The van der Waals surface area contributed by atoms with Crippen LogP contribution in [0.25, 0.3) is 0 Å². The van der Waals surface area contributed by atoms with Gasteiger partial charge in [0.05, 0.1) is 12.4 Å². The van der Waals surface area contributed by atoms with Crippen molar-refractivity contribution in [3.05, 3.63) is 48.2 Å². The van der Waals surface area contributed by atoms with Gasteiger partial charge in [-0.05, 0) is 17.5 Å². The van der Waals surface area contributed by atoms with Gasteiger partial charge in [-0.2, -0.15) is 0 Å². The van der Waals surface area contributed by atoms with Gasteiger partial charge in [0.15, 0.2) is 0 Å². The third-order valence-electron chi connectivity index (χ3n) is 2.75. The molecule has 2 rings (SSSR count). The number of pyridine rings is 1. The van der Waals surface area contributed by atoms with Crippen molar-refractivity contribution >= 4 is 11.7 Å². The fourth-order valence-corrected chi connectivity index (χ4v) is 1.62. The Morgan fingerprint density at radius 2 is 2.10 bits per heavy atom. The van der Waals surface area contributed by atoms with Crippen LogP contribution in [0.15, 0.2) is 36.9 Å². The van der Waals surface area contributed by atoms with Gasteiger partial charge < -0.3 is 10.6 Å². The summed E-state index contributed by atoms with van der Waals surface area (Å²) in [5.74, 6) is 0.948. The van der Waals surface area contributed by atoms with E-state index in [1.54, 1.807) is 18.6 Å². The summed E-state index contributed by atoms with van der Waals surface area (Å²) in [6, 6.07) is 3.73. The van der Waals surface area contributed by atoms with Crippen molar-refractivity contribution in [2.24, 2.45) is 5.92 Å². The first kappa shape index (κ1) is 14.9. The molecule has 0 radical (unpaired) electrons. The summed E-state index contributed by atoms with van der Waals surface area (Å²) < 4.78 is 0. The molecule has 0 aliphatic rings. The molecule has 1 amide bonds. The Morgan fingerprint density at radius 3 is 2.71 bits per heavy atom. The highest BCUT2D eigenvalue weighted by Gasteiger charge is 2.07. The second-order valence-corrected chi connectivity index (χ2v) is 5.11. The van der Waals surface area contributed by atoms with E-state index in [-0.39, 0.29) is 5.91 Å². The number of carbonyl (C=O) groups is 1.